The van der Waals surface area contributed by atoms with Gasteiger partial charge in [0.1, 0.15) is 5.78 Å². The maximum absolute atomic E-state index is 12.1. The zero-order valence-electron chi connectivity index (χ0n) is 10.1. The third kappa shape index (κ3) is 2.56. The molecule has 2 aromatic heterocycles. The smallest absolute Gasteiger partial charge is 0.193 e. The number of thiazole rings is 1. The second kappa shape index (κ2) is 4.98. The normalized spacial score (nSPS) is 13.4. The van der Waals surface area contributed by atoms with E-state index in [0.717, 1.165) is 10.7 Å². The van der Waals surface area contributed by atoms with Crippen molar-refractivity contribution in [2.45, 2.75) is 20.3 Å². The molecule has 92 valence electrons. The fourth-order valence-corrected chi connectivity index (χ4v) is 2.67. The van der Waals surface area contributed by atoms with Gasteiger partial charge >= 0.3 is 0 Å². The molecule has 0 amide bonds. The molecule has 2 heterocycles. The molecular formula is C12H17N3OS. The molecule has 0 radical (unpaired) electrons. The van der Waals surface area contributed by atoms with E-state index >= 15 is 0 Å². The zero-order valence-corrected chi connectivity index (χ0v) is 10.9. The Morgan fingerprint density at radius 3 is 2.94 bits per heavy atom. The Labute approximate surface area is 104 Å². The molecule has 2 aromatic rings. The Kier molecular flexibility index (Phi) is 3.59. The summed E-state index contributed by atoms with van der Waals surface area (Å²) < 4.78 is 1.94. The van der Waals surface area contributed by atoms with Crippen molar-refractivity contribution in [2.24, 2.45) is 17.6 Å². The molecule has 0 aromatic carbocycles. The number of ketones is 1. The van der Waals surface area contributed by atoms with Crippen molar-refractivity contribution in [1.82, 2.24) is 9.38 Å². The molecule has 0 aliphatic carbocycles. The van der Waals surface area contributed by atoms with Crippen LogP contribution in [-0.4, -0.2) is 21.7 Å². The third-order valence-electron chi connectivity index (χ3n) is 2.97. The quantitative estimate of drug-likeness (QED) is 0.880. The average Bonchev–Trinajstić information content (AvgIpc) is 2.77. The minimum Gasteiger partial charge on any atom is -0.330 e. The third-order valence-corrected chi connectivity index (χ3v) is 3.74. The van der Waals surface area contributed by atoms with E-state index in [9.17, 15) is 4.79 Å². The van der Waals surface area contributed by atoms with Crippen molar-refractivity contribution in [2.75, 3.05) is 6.54 Å². The lowest BCUT2D eigenvalue weighted by Gasteiger charge is -2.16. The van der Waals surface area contributed by atoms with Gasteiger partial charge in [-0.15, -0.1) is 11.3 Å². The number of rotatable bonds is 5. The van der Waals surface area contributed by atoms with E-state index in [1.54, 1.807) is 11.3 Å². The molecule has 0 aliphatic heterocycles. The second-order valence-corrected chi connectivity index (χ2v) is 5.43. The monoisotopic (exact) mass is 251 g/mol. The molecule has 4 nitrogen and oxygen atoms in total. The number of hydrogen-bond donors (Lipinski definition) is 1. The highest BCUT2D eigenvalue weighted by Crippen LogP contribution is 2.16. The number of carbonyl (C=O) groups excluding carboxylic acids is 1. The minimum absolute atomic E-state index is 0.0604. The standard InChI is InChI=1S/C12H17N3OS/c1-8(2)10(6-13)11(16)5-9-7-15-3-4-17-12(15)14-9/h3-4,7-8,10H,5-6,13H2,1-2H3. The van der Waals surface area contributed by atoms with Crippen molar-refractivity contribution >= 4 is 22.1 Å². The summed E-state index contributed by atoms with van der Waals surface area (Å²) in [5, 5.41) is 1.98. The molecule has 1 unspecified atom stereocenters. The molecule has 0 fully saturated rings. The van der Waals surface area contributed by atoms with Crippen LogP contribution in [0.5, 0.6) is 0 Å². The van der Waals surface area contributed by atoms with Crippen LogP contribution >= 0.6 is 11.3 Å². The van der Waals surface area contributed by atoms with E-state index in [2.05, 4.69) is 4.98 Å². The summed E-state index contributed by atoms with van der Waals surface area (Å²) in [6.07, 6.45) is 4.25. The van der Waals surface area contributed by atoms with E-state index in [-0.39, 0.29) is 17.6 Å². The molecule has 0 saturated heterocycles. The first-order valence-electron chi connectivity index (χ1n) is 5.75. The summed E-state index contributed by atoms with van der Waals surface area (Å²) in [6.45, 7) is 4.47. The summed E-state index contributed by atoms with van der Waals surface area (Å²) in [5.41, 5.74) is 6.47. The second-order valence-electron chi connectivity index (χ2n) is 4.55. The van der Waals surface area contributed by atoms with Crippen LogP contribution in [0.4, 0.5) is 0 Å². The molecule has 0 bridgehead atoms. The van der Waals surface area contributed by atoms with Gasteiger partial charge in [0.25, 0.3) is 0 Å². The summed E-state index contributed by atoms with van der Waals surface area (Å²) >= 11 is 1.57. The van der Waals surface area contributed by atoms with Gasteiger partial charge in [0, 0.05) is 30.2 Å². The van der Waals surface area contributed by atoms with Crippen LogP contribution in [0, 0.1) is 11.8 Å². The van der Waals surface area contributed by atoms with Crippen LogP contribution in [-0.2, 0) is 11.2 Å². The number of carbonyl (C=O) groups is 1. The zero-order chi connectivity index (χ0) is 12.4. The number of aromatic nitrogens is 2. The number of fused-ring (bicyclic) bond motifs is 1. The van der Waals surface area contributed by atoms with Crippen molar-refractivity contribution in [3.05, 3.63) is 23.5 Å². The van der Waals surface area contributed by atoms with Gasteiger partial charge in [0.15, 0.2) is 4.96 Å². The SMILES string of the molecule is CC(C)C(CN)C(=O)Cc1cn2ccsc2n1. The molecule has 2 rings (SSSR count). The van der Waals surface area contributed by atoms with Gasteiger partial charge in [0.05, 0.1) is 12.1 Å². The Morgan fingerprint density at radius 2 is 2.35 bits per heavy atom. The van der Waals surface area contributed by atoms with Crippen LogP contribution in [0.2, 0.25) is 0 Å². The molecule has 2 N–H and O–H groups in total. The van der Waals surface area contributed by atoms with Crippen LogP contribution in [0.25, 0.3) is 4.96 Å². The van der Waals surface area contributed by atoms with Crippen molar-refractivity contribution < 1.29 is 4.79 Å². The van der Waals surface area contributed by atoms with Crippen molar-refractivity contribution in [3.63, 3.8) is 0 Å². The highest BCUT2D eigenvalue weighted by Gasteiger charge is 2.21. The fraction of sp³-hybridized carbons (Fsp3) is 0.500. The highest BCUT2D eigenvalue weighted by atomic mass is 32.1. The maximum Gasteiger partial charge on any atom is 0.193 e. The van der Waals surface area contributed by atoms with E-state index in [1.165, 1.54) is 0 Å². The number of Topliss-reactive ketones (excluding diaryl/α,β-unsaturated/α-hetero) is 1. The molecule has 0 saturated carbocycles. The Bertz CT molecular complexity index is 486. The number of nitrogens with zero attached hydrogens (tertiary/aromatic N) is 2. The van der Waals surface area contributed by atoms with E-state index < -0.39 is 0 Å². The van der Waals surface area contributed by atoms with Gasteiger partial charge < -0.3 is 5.73 Å². The summed E-state index contributed by atoms with van der Waals surface area (Å²) in [5.74, 6) is 0.416. The van der Waals surface area contributed by atoms with Gasteiger partial charge in [-0.3, -0.25) is 9.20 Å². The topological polar surface area (TPSA) is 60.4 Å². The fourth-order valence-electron chi connectivity index (χ4n) is 1.95. The summed E-state index contributed by atoms with van der Waals surface area (Å²) in [6, 6.07) is 0. The predicted octanol–water partition coefficient (Wildman–Crippen LogP) is 1.74. The van der Waals surface area contributed by atoms with E-state index in [0.29, 0.717) is 13.0 Å². The Hall–Kier alpha value is -1.20. The predicted molar refractivity (Wildman–Crippen MR) is 69.2 cm³/mol. The van der Waals surface area contributed by atoms with Crippen LogP contribution in [0.3, 0.4) is 0 Å². The number of imidazole rings is 1. The van der Waals surface area contributed by atoms with Gasteiger partial charge in [-0.2, -0.15) is 0 Å². The van der Waals surface area contributed by atoms with Gasteiger partial charge in [0.2, 0.25) is 0 Å². The average molecular weight is 251 g/mol. The van der Waals surface area contributed by atoms with Crippen molar-refractivity contribution in [1.29, 1.82) is 0 Å². The molecule has 0 aliphatic rings. The molecule has 1 atom stereocenters. The molecule has 5 heteroatoms. The van der Waals surface area contributed by atoms with Crippen molar-refractivity contribution in [3.8, 4) is 0 Å². The summed E-state index contributed by atoms with van der Waals surface area (Å²) in [4.78, 5) is 17.4. The first-order chi connectivity index (χ1) is 8.11. The van der Waals surface area contributed by atoms with E-state index in [1.807, 2.05) is 36.0 Å². The lowest BCUT2D eigenvalue weighted by Crippen LogP contribution is -2.29. The maximum atomic E-state index is 12.1. The van der Waals surface area contributed by atoms with Crippen LogP contribution < -0.4 is 5.73 Å². The van der Waals surface area contributed by atoms with Gasteiger partial charge in [-0.1, -0.05) is 13.8 Å². The van der Waals surface area contributed by atoms with E-state index in [4.69, 9.17) is 5.73 Å². The number of hydrogen-bond acceptors (Lipinski definition) is 4. The largest absolute Gasteiger partial charge is 0.330 e. The van der Waals surface area contributed by atoms with Crippen LogP contribution in [0.15, 0.2) is 17.8 Å². The minimum atomic E-state index is -0.0604. The van der Waals surface area contributed by atoms with Gasteiger partial charge in [-0.25, -0.2) is 4.98 Å². The molecular weight excluding hydrogens is 234 g/mol. The lowest BCUT2D eigenvalue weighted by molar-refractivity contribution is -0.123. The number of nitrogens with two attached hydrogens (primary N) is 1. The van der Waals surface area contributed by atoms with Crippen LogP contribution in [0.1, 0.15) is 19.5 Å². The molecule has 0 spiro atoms. The summed E-state index contributed by atoms with van der Waals surface area (Å²) in [7, 11) is 0. The first kappa shape index (κ1) is 12.3. The molecule has 17 heavy (non-hydrogen) atoms. The van der Waals surface area contributed by atoms with Gasteiger partial charge in [-0.05, 0) is 5.92 Å². The Morgan fingerprint density at radius 1 is 1.59 bits per heavy atom. The highest BCUT2D eigenvalue weighted by molar-refractivity contribution is 7.15. The first-order valence-corrected chi connectivity index (χ1v) is 6.63. The lowest BCUT2D eigenvalue weighted by atomic mass is 9.89. The Balaban J connectivity index is 2.10.